The van der Waals surface area contributed by atoms with Crippen LogP contribution in [0.2, 0.25) is 5.02 Å². The molecule has 8 nitrogen and oxygen atoms in total. The van der Waals surface area contributed by atoms with E-state index in [4.69, 9.17) is 21.1 Å². The Bertz CT molecular complexity index is 1130. The van der Waals surface area contributed by atoms with Gasteiger partial charge in [0.1, 0.15) is 19.8 Å². The number of anilines is 2. The van der Waals surface area contributed by atoms with E-state index in [-0.39, 0.29) is 18.2 Å². The Kier molecular flexibility index (Phi) is 6.90. The van der Waals surface area contributed by atoms with Crippen molar-refractivity contribution in [1.29, 1.82) is 0 Å². The van der Waals surface area contributed by atoms with E-state index in [1.54, 1.807) is 30.0 Å². The molecule has 2 heterocycles. The van der Waals surface area contributed by atoms with Crippen molar-refractivity contribution in [2.24, 2.45) is 0 Å². The van der Waals surface area contributed by atoms with Crippen molar-refractivity contribution in [1.82, 2.24) is 4.90 Å². The number of halogens is 1. The van der Waals surface area contributed by atoms with Crippen molar-refractivity contribution in [2.75, 3.05) is 60.9 Å². The third-order valence-electron chi connectivity index (χ3n) is 5.94. The molecule has 2 aromatic rings. The van der Waals surface area contributed by atoms with Gasteiger partial charge in [-0.25, -0.2) is 8.42 Å². The number of benzene rings is 2. The smallest absolute Gasteiger partial charge is 0.243 e. The predicted octanol–water partition coefficient (Wildman–Crippen LogP) is 2.92. The van der Waals surface area contributed by atoms with Crippen molar-refractivity contribution in [2.45, 2.75) is 13.8 Å². The first kappa shape index (κ1) is 23.5. The van der Waals surface area contributed by atoms with Crippen LogP contribution in [-0.4, -0.2) is 70.9 Å². The van der Waals surface area contributed by atoms with Crippen LogP contribution >= 0.6 is 11.6 Å². The number of hydrogen-bond donors (Lipinski definition) is 0. The molecule has 2 aromatic carbocycles. The fourth-order valence-corrected chi connectivity index (χ4v) is 5.26. The Morgan fingerprint density at radius 3 is 2.42 bits per heavy atom. The number of nitrogens with zero attached hydrogens (tertiary/aromatic N) is 3. The highest BCUT2D eigenvalue weighted by Gasteiger charge is 2.29. The van der Waals surface area contributed by atoms with E-state index in [2.05, 4.69) is 4.90 Å². The Balaban J connectivity index is 1.47. The van der Waals surface area contributed by atoms with Crippen LogP contribution in [0, 0.1) is 6.92 Å². The Morgan fingerprint density at radius 1 is 1.03 bits per heavy atom. The minimum absolute atomic E-state index is 0.115. The minimum atomic E-state index is -3.67. The Hall–Kier alpha value is -2.65. The monoisotopic (exact) mass is 493 g/mol. The number of amides is 1. The lowest BCUT2D eigenvalue weighted by Crippen LogP contribution is -2.52. The number of ether oxygens (including phenoxy) is 2. The zero-order chi connectivity index (χ0) is 23.6. The van der Waals surface area contributed by atoms with Gasteiger partial charge in [0, 0.05) is 43.0 Å². The zero-order valence-electron chi connectivity index (χ0n) is 18.8. The lowest BCUT2D eigenvalue weighted by atomic mass is 10.1. The Labute approximate surface area is 199 Å². The molecule has 0 radical (unpaired) electrons. The molecule has 0 saturated carbocycles. The van der Waals surface area contributed by atoms with Gasteiger partial charge < -0.3 is 19.3 Å². The number of fused-ring (bicyclic) bond motifs is 1. The standard InChI is InChI=1S/C23H28ClN3O5S/c1-3-33(29,30)27(19-6-7-21-22(15-19)32-13-12-31-21)16-23(28)26-10-8-25(9-11-26)20-14-18(24)5-4-17(20)2/h4-7,14-15H,3,8-13,16H2,1-2H3. The van der Waals surface area contributed by atoms with Gasteiger partial charge in [0.25, 0.3) is 0 Å². The van der Waals surface area contributed by atoms with E-state index in [0.29, 0.717) is 61.6 Å². The SMILES string of the molecule is CCS(=O)(=O)N(CC(=O)N1CCN(c2cc(Cl)ccc2C)CC1)c1ccc2c(c1)OCCO2. The summed E-state index contributed by atoms with van der Waals surface area (Å²) in [5.74, 6) is 0.700. The molecule has 0 atom stereocenters. The van der Waals surface area contributed by atoms with Crippen molar-refractivity contribution >= 4 is 38.9 Å². The summed E-state index contributed by atoms with van der Waals surface area (Å²) in [5.41, 5.74) is 2.57. The molecule has 0 bridgehead atoms. The average Bonchev–Trinajstić information content (AvgIpc) is 2.83. The van der Waals surface area contributed by atoms with E-state index in [9.17, 15) is 13.2 Å². The van der Waals surface area contributed by atoms with Crippen molar-refractivity contribution in [3.63, 3.8) is 0 Å². The lowest BCUT2D eigenvalue weighted by molar-refractivity contribution is -0.129. The summed E-state index contributed by atoms with van der Waals surface area (Å²) in [6.45, 7) is 6.49. The van der Waals surface area contributed by atoms with Crippen molar-refractivity contribution in [3.8, 4) is 11.5 Å². The highest BCUT2D eigenvalue weighted by molar-refractivity contribution is 7.92. The second kappa shape index (κ2) is 9.69. The molecule has 1 saturated heterocycles. The van der Waals surface area contributed by atoms with Crippen LogP contribution in [0.1, 0.15) is 12.5 Å². The van der Waals surface area contributed by atoms with Crippen LogP contribution in [0.3, 0.4) is 0 Å². The molecule has 10 heteroatoms. The van der Waals surface area contributed by atoms with Crippen molar-refractivity contribution in [3.05, 3.63) is 47.0 Å². The first-order valence-corrected chi connectivity index (χ1v) is 13.0. The minimum Gasteiger partial charge on any atom is -0.486 e. The molecule has 0 unspecified atom stereocenters. The summed E-state index contributed by atoms with van der Waals surface area (Å²) in [6, 6.07) is 10.7. The molecular weight excluding hydrogens is 466 g/mol. The molecule has 0 aliphatic carbocycles. The Morgan fingerprint density at radius 2 is 1.73 bits per heavy atom. The van der Waals surface area contributed by atoms with Crippen LogP contribution in [0.4, 0.5) is 11.4 Å². The molecule has 0 N–H and O–H groups in total. The molecule has 178 valence electrons. The van der Waals surface area contributed by atoms with Crippen LogP contribution in [0.25, 0.3) is 0 Å². The average molecular weight is 494 g/mol. The number of carbonyl (C=O) groups excluding carboxylic acids is 1. The highest BCUT2D eigenvalue weighted by Crippen LogP contribution is 2.35. The van der Waals surface area contributed by atoms with E-state index in [0.717, 1.165) is 11.3 Å². The van der Waals surface area contributed by atoms with Crippen LogP contribution < -0.4 is 18.7 Å². The molecule has 0 aromatic heterocycles. The number of piperazine rings is 1. The number of aryl methyl sites for hydroxylation is 1. The van der Waals surface area contributed by atoms with Gasteiger partial charge in [0.05, 0.1) is 11.4 Å². The van der Waals surface area contributed by atoms with E-state index in [1.807, 2.05) is 25.1 Å². The lowest BCUT2D eigenvalue weighted by Gasteiger charge is -2.37. The maximum absolute atomic E-state index is 13.1. The number of sulfonamides is 1. The normalized spacial score (nSPS) is 16.0. The number of hydrogen-bond acceptors (Lipinski definition) is 6. The van der Waals surface area contributed by atoms with Gasteiger partial charge in [0.15, 0.2) is 11.5 Å². The van der Waals surface area contributed by atoms with Crippen molar-refractivity contribution < 1.29 is 22.7 Å². The summed E-state index contributed by atoms with van der Waals surface area (Å²) in [4.78, 5) is 17.0. The quantitative estimate of drug-likeness (QED) is 0.615. The topological polar surface area (TPSA) is 79.4 Å². The molecule has 2 aliphatic heterocycles. The van der Waals surface area contributed by atoms with Crippen LogP contribution in [0.5, 0.6) is 11.5 Å². The largest absolute Gasteiger partial charge is 0.486 e. The summed E-state index contributed by atoms with van der Waals surface area (Å²) in [7, 11) is -3.67. The fraction of sp³-hybridized carbons (Fsp3) is 0.435. The third-order valence-corrected chi connectivity index (χ3v) is 7.91. The second-order valence-corrected chi connectivity index (χ2v) is 10.7. The van der Waals surface area contributed by atoms with Gasteiger partial charge in [0.2, 0.25) is 15.9 Å². The maximum atomic E-state index is 13.1. The fourth-order valence-electron chi connectivity index (χ4n) is 4.04. The summed E-state index contributed by atoms with van der Waals surface area (Å²) in [6.07, 6.45) is 0. The van der Waals surface area contributed by atoms with Crippen LogP contribution in [-0.2, 0) is 14.8 Å². The van der Waals surface area contributed by atoms with Gasteiger partial charge in [-0.15, -0.1) is 0 Å². The van der Waals surface area contributed by atoms with Gasteiger partial charge >= 0.3 is 0 Å². The van der Waals surface area contributed by atoms with E-state index in [1.165, 1.54) is 4.31 Å². The highest BCUT2D eigenvalue weighted by atomic mass is 35.5. The number of carbonyl (C=O) groups is 1. The van der Waals surface area contributed by atoms with E-state index < -0.39 is 10.0 Å². The summed E-state index contributed by atoms with van der Waals surface area (Å²) < 4.78 is 38.0. The molecule has 0 spiro atoms. The molecule has 1 amide bonds. The van der Waals surface area contributed by atoms with Gasteiger partial charge in [-0.05, 0) is 43.7 Å². The van der Waals surface area contributed by atoms with Gasteiger partial charge in [-0.3, -0.25) is 9.10 Å². The van der Waals surface area contributed by atoms with Gasteiger partial charge in [-0.1, -0.05) is 17.7 Å². The van der Waals surface area contributed by atoms with Crippen LogP contribution in [0.15, 0.2) is 36.4 Å². The zero-order valence-corrected chi connectivity index (χ0v) is 20.4. The van der Waals surface area contributed by atoms with Gasteiger partial charge in [-0.2, -0.15) is 0 Å². The van der Waals surface area contributed by atoms with E-state index >= 15 is 0 Å². The molecule has 33 heavy (non-hydrogen) atoms. The third kappa shape index (κ3) is 5.14. The molecule has 4 rings (SSSR count). The summed E-state index contributed by atoms with van der Waals surface area (Å²) >= 11 is 6.16. The first-order valence-electron chi connectivity index (χ1n) is 11.0. The molecule has 1 fully saturated rings. The number of rotatable bonds is 6. The first-order chi connectivity index (χ1) is 15.8. The molecule has 2 aliphatic rings. The maximum Gasteiger partial charge on any atom is 0.243 e. The second-order valence-electron chi connectivity index (χ2n) is 8.03. The summed E-state index contributed by atoms with van der Waals surface area (Å²) in [5, 5.41) is 0.675. The molecular formula is C23H28ClN3O5S. The predicted molar refractivity (Wildman–Crippen MR) is 129 cm³/mol.